The molecule has 0 spiro atoms. The molecule has 3 N–H and O–H groups in total. The van der Waals surface area contributed by atoms with Crippen molar-refractivity contribution < 1.29 is 4.79 Å². The Morgan fingerprint density at radius 3 is 2.86 bits per heavy atom. The van der Waals surface area contributed by atoms with E-state index in [2.05, 4.69) is 10.3 Å². The standard InChI is InChI=1S/C9H15N3OS/c1-6(2)7(5-10)8(13)12-9-11-3-4-14-9/h3-4,6-7H,5,10H2,1-2H3,(H,11,12,13). The highest BCUT2D eigenvalue weighted by molar-refractivity contribution is 7.13. The Kier molecular flexibility index (Phi) is 4.03. The van der Waals surface area contributed by atoms with Gasteiger partial charge in [-0.15, -0.1) is 11.3 Å². The van der Waals surface area contributed by atoms with E-state index in [0.29, 0.717) is 11.7 Å². The molecule has 0 radical (unpaired) electrons. The topological polar surface area (TPSA) is 68.0 Å². The van der Waals surface area contributed by atoms with Crippen molar-refractivity contribution in [2.24, 2.45) is 17.6 Å². The van der Waals surface area contributed by atoms with Gasteiger partial charge in [-0.05, 0) is 5.92 Å². The fourth-order valence-electron chi connectivity index (χ4n) is 1.17. The molecule has 1 amide bonds. The average molecular weight is 213 g/mol. The maximum Gasteiger partial charge on any atom is 0.230 e. The maximum atomic E-state index is 11.7. The summed E-state index contributed by atoms with van der Waals surface area (Å²) in [6.45, 7) is 4.34. The van der Waals surface area contributed by atoms with Gasteiger partial charge in [0.05, 0.1) is 5.92 Å². The summed E-state index contributed by atoms with van der Waals surface area (Å²) in [5.74, 6) is 0.0660. The summed E-state index contributed by atoms with van der Waals surface area (Å²) in [5, 5.41) is 5.20. The third kappa shape index (κ3) is 2.78. The minimum Gasteiger partial charge on any atom is -0.330 e. The largest absolute Gasteiger partial charge is 0.330 e. The van der Waals surface area contributed by atoms with Crippen molar-refractivity contribution in [3.63, 3.8) is 0 Å². The number of carbonyl (C=O) groups excluding carboxylic acids is 1. The molecule has 4 nitrogen and oxygen atoms in total. The minimum absolute atomic E-state index is 0.0440. The lowest BCUT2D eigenvalue weighted by Crippen LogP contribution is -2.32. The van der Waals surface area contributed by atoms with Crippen LogP contribution in [0.4, 0.5) is 5.13 Å². The fraction of sp³-hybridized carbons (Fsp3) is 0.556. The number of aromatic nitrogens is 1. The average Bonchev–Trinajstić information content (AvgIpc) is 2.57. The van der Waals surface area contributed by atoms with Crippen LogP contribution in [0.25, 0.3) is 0 Å². The Balaban J connectivity index is 2.56. The second-order valence-corrected chi connectivity index (χ2v) is 4.31. The SMILES string of the molecule is CC(C)C(CN)C(=O)Nc1nccs1. The molecule has 1 rings (SSSR count). The van der Waals surface area contributed by atoms with Gasteiger partial charge in [-0.25, -0.2) is 4.98 Å². The van der Waals surface area contributed by atoms with Crippen LogP contribution in [0, 0.1) is 11.8 Å². The van der Waals surface area contributed by atoms with Gasteiger partial charge in [-0.2, -0.15) is 0 Å². The zero-order valence-corrected chi connectivity index (χ0v) is 9.17. The summed E-state index contributed by atoms with van der Waals surface area (Å²) in [5.41, 5.74) is 5.53. The molecule has 0 fully saturated rings. The summed E-state index contributed by atoms with van der Waals surface area (Å²) in [6.07, 6.45) is 1.66. The molecule has 78 valence electrons. The first-order chi connectivity index (χ1) is 6.65. The molecule has 0 aliphatic heterocycles. The van der Waals surface area contributed by atoms with Crippen LogP contribution in [-0.4, -0.2) is 17.4 Å². The summed E-state index contributed by atoms with van der Waals surface area (Å²) in [4.78, 5) is 15.6. The number of rotatable bonds is 4. The van der Waals surface area contributed by atoms with Crippen molar-refractivity contribution in [1.82, 2.24) is 4.98 Å². The van der Waals surface area contributed by atoms with Crippen molar-refractivity contribution in [3.05, 3.63) is 11.6 Å². The third-order valence-electron chi connectivity index (χ3n) is 2.06. The van der Waals surface area contributed by atoms with Gasteiger partial charge in [0.1, 0.15) is 0 Å². The number of carbonyl (C=O) groups is 1. The van der Waals surface area contributed by atoms with Crippen LogP contribution >= 0.6 is 11.3 Å². The van der Waals surface area contributed by atoms with Crippen LogP contribution in [0.3, 0.4) is 0 Å². The molecular weight excluding hydrogens is 198 g/mol. The number of hydrogen-bond donors (Lipinski definition) is 2. The fourth-order valence-corrected chi connectivity index (χ4v) is 1.70. The van der Waals surface area contributed by atoms with E-state index in [4.69, 9.17) is 5.73 Å². The van der Waals surface area contributed by atoms with E-state index in [-0.39, 0.29) is 17.7 Å². The van der Waals surface area contributed by atoms with Crippen LogP contribution in [0.15, 0.2) is 11.6 Å². The van der Waals surface area contributed by atoms with E-state index < -0.39 is 0 Å². The molecule has 1 aromatic heterocycles. The first-order valence-corrected chi connectivity index (χ1v) is 5.43. The van der Waals surface area contributed by atoms with Crippen LogP contribution in [-0.2, 0) is 4.79 Å². The van der Waals surface area contributed by atoms with Crippen molar-refractivity contribution in [1.29, 1.82) is 0 Å². The van der Waals surface area contributed by atoms with Gasteiger partial charge in [-0.3, -0.25) is 4.79 Å². The van der Waals surface area contributed by atoms with E-state index in [0.717, 1.165) is 0 Å². The Hall–Kier alpha value is -0.940. The first kappa shape index (κ1) is 11.1. The lowest BCUT2D eigenvalue weighted by atomic mass is 9.95. The molecule has 14 heavy (non-hydrogen) atoms. The van der Waals surface area contributed by atoms with Crippen molar-refractivity contribution in [2.45, 2.75) is 13.8 Å². The monoisotopic (exact) mass is 213 g/mol. The van der Waals surface area contributed by atoms with Gasteiger partial charge in [0.2, 0.25) is 5.91 Å². The number of anilines is 1. The molecule has 0 aromatic carbocycles. The quantitative estimate of drug-likeness (QED) is 0.792. The number of hydrogen-bond acceptors (Lipinski definition) is 4. The van der Waals surface area contributed by atoms with Gasteiger partial charge in [-0.1, -0.05) is 13.8 Å². The zero-order chi connectivity index (χ0) is 10.6. The number of nitrogens with zero attached hydrogens (tertiary/aromatic N) is 1. The van der Waals surface area contributed by atoms with Crippen LogP contribution < -0.4 is 11.1 Å². The van der Waals surface area contributed by atoms with Crippen molar-refractivity contribution in [2.75, 3.05) is 11.9 Å². The number of amides is 1. The van der Waals surface area contributed by atoms with Gasteiger partial charge in [0, 0.05) is 18.1 Å². The minimum atomic E-state index is -0.140. The summed E-state index contributed by atoms with van der Waals surface area (Å²) in [6, 6.07) is 0. The molecule has 1 unspecified atom stereocenters. The van der Waals surface area contributed by atoms with Gasteiger partial charge < -0.3 is 11.1 Å². The highest BCUT2D eigenvalue weighted by Gasteiger charge is 2.20. The van der Waals surface area contributed by atoms with Gasteiger partial charge in [0.15, 0.2) is 5.13 Å². The Labute approximate surface area is 87.5 Å². The van der Waals surface area contributed by atoms with E-state index >= 15 is 0 Å². The summed E-state index contributed by atoms with van der Waals surface area (Å²) < 4.78 is 0. The van der Waals surface area contributed by atoms with Crippen LogP contribution in [0.1, 0.15) is 13.8 Å². The van der Waals surface area contributed by atoms with Crippen molar-refractivity contribution in [3.8, 4) is 0 Å². The molecule has 0 bridgehead atoms. The Morgan fingerprint density at radius 1 is 1.71 bits per heavy atom. The van der Waals surface area contributed by atoms with E-state index in [9.17, 15) is 4.79 Å². The highest BCUT2D eigenvalue weighted by atomic mass is 32.1. The van der Waals surface area contributed by atoms with Gasteiger partial charge in [0.25, 0.3) is 0 Å². The normalized spacial score (nSPS) is 12.9. The van der Waals surface area contributed by atoms with E-state index in [1.807, 2.05) is 19.2 Å². The second-order valence-electron chi connectivity index (χ2n) is 3.41. The predicted octanol–water partition coefficient (Wildman–Crippen LogP) is 1.31. The highest BCUT2D eigenvalue weighted by Crippen LogP contribution is 2.15. The summed E-state index contributed by atoms with van der Waals surface area (Å²) in [7, 11) is 0. The van der Waals surface area contributed by atoms with Crippen molar-refractivity contribution >= 4 is 22.4 Å². The van der Waals surface area contributed by atoms with Gasteiger partial charge >= 0.3 is 0 Å². The lowest BCUT2D eigenvalue weighted by molar-refractivity contribution is -0.120. The smallest absolute Gasteiger partial charge is 0.230 e. The number of thiazole rings is 1. The Morgan fingerprint density at radius 2 is 2.43 bits per heavy atom. The molecule has 0 aliphatic rings. The molecule has 0 saturated heterocycles. The van der Waals surface area contributed by atoms with E-state index in [1.165, 1.54) is 11.3 Å². The van der Waals surface area contributed by atoms with E-state index in [1.54, 1.807) is 6.20 Å². The van der Waals surface area contributed by atoms with Crippen LogP contribution in [0.5, 0.6) is 0 Å². The molecule has 0 saturated carbocycles. The molecule has 1 atom stereocenters. The predicted molar refractivity (Wildman–Crippen MR) is 58.1 cm³/mol. The third-order valence-corrected chi connectivity index (χ3v) is 2.75. The second kappa shape index (κ2) is 5.07. The first-order valence-electron chi connectivity index (χ1n) is 4.55. The zero-order valence-electron chi connectivity index (χ0n) is 8.36. The molecule has 5 heteroatoms. The molecule has 1 aromatic rings. The Bertz CT molecular complexity index is 284. The molecular formula is C9H15N3OS. The summed E-state index contributed by atoms with van der Waals surface area (Å²) >= 11 is 1.41. The maximum absolute atomic E-state index is 11.7. The molecule has 1 heterocycles. The number of nitrogens with one attached hydrogen (secondary N) is 1. The number of nitrogens with two attached hydrogens (primary N) is 1. The molecule has 0 aliphatic carbocycles. The lowest BCUT2D eigenvalue weighted by Gasteiger charge is -2.16. The van der Waals surface area contributed by atoms with Crippen LogP contribution in [0.2, 0.25) is 0 Å².